The zero-order valence-electron chi connectivity index (χ0n) is 49.1. The molecule has 0 saturated carbocycles. The maximum atomic E-state index is 12.5. The maximum Gasteiger partial charge on any atom is 0.305 e. The third-order valence-electron chi connectivity index (χ3n) is 15.2. The Morgan fingerprint density at radius 2 is 0.685 bits per heavy atom. The van der Waals surface area contributed by atoms with Crippen LogP contribution in [0.4, 0.5) is 0 Å². The van der Waals surface area contributed by atoms with Gasteiger partial charge in [-0.3, -0.25) is 9.59 Å². The van der Waals surface area contributed by atoms with E-state index in [1.165, 1.54) is 270 Å². The Hall–Kier alpha value is -1.92. The molecule has 6 nitrogen and oxygen atoms in total. The molecule has 1 amide bonds. The molecular formula is C67H127NO5. The summed E-state index contributed by atoms with van der Waals surface area (Å²) in [5, 5.41) is 23.2. The molecule has 3 N–H and O–H groups in total. The molecule has 0 saturated heterocycles. The van der Waals surface area contributed by atoms with Crippen molar-refractivity contribution in [1.29, 1.82) is 0 Å². The molecule has 73 heavy (non-hydrogen) atoms. The summed E-state index contributed by atoms with van der Waals surface area (Å²) in [6.45, 7) is 4.88. The molecule has 0 aliphatic rings. The van der Waals surface area contributed by atoms with Crippen molar-refractivity contribution in [3.63, 3.8) is 0 Å². The van der Waals surface area contributed by atoms with Crippen LogP contribution in [0.5, 0.6) is 0 Å². The lowest BCUT2D eigenvalue weighted by atomic mass is 10.0. The lowest BCUT2D eigenvalue weighted by molar-refractivity contribution is -0.143. The van der Waals surface area contributed by atoms with Gasteiger partial charge in [-0.2, -0.15) is 0 Å². The van der Waals surface area contributed by atoms with E-state index in [2.05, 4.69) is 43.5 Å². The van der Waals surface area contributed by atoms with Crippen LogP contribution in [0.2, 0.25) is 0 Å². The lowest BCUT2D eigenvalue weighted by Gasteiger charge is -2.20. The third kappa shape index (κ3) is 59.2. The molecule has 2 atom stereocenters. The van der Waals surface area contributed by atoms with E-state index in [1.807, 2.05) is 6.08 Å². The normalized spacial score (nSPS) is 12.8. The molecular weight excluding hydrogens is 899 g/mol. The number of aliphatic hydroxyl groups is 2. The van der Waals surface area contributed by atoms with Gasteiger partial charge in [-0.05, 0) is 64.2 Å². The monoisotopic (exact) mass is 1030 g/mol. The molecule has 0 rings (SSSR count). The quantitative estimate of drug-likeness (QED) is 0.0320. The Labute approximate surface area is 455 Å². The summed E-state index contributed by atoms with van der Waals surface area (Å²) in [6.07, 6.45) is 79.0. The Kier molecular flexibility index (Phi) is 61.0. The minimum atomic E-state index is -0.852. The van der Waals surface area contributed by atoms with Gasteiger partial charge in [0.15, 0.2) is 0 Å². The Morgan fingerprint density at radius 3 is 1.07 bits per heavy atom. The van der Waals surface area contributed by atoms with Gasteiger partial charge in [0.1, 0.15) is 0 Å². The summed E-state index contributed by atoms with van der Waals surface area (Å²) < 4.78 is 5.47. The second kappa shape index (κ2) is 62.6. The number of hydrogen-bond acceptors (Lipinski definition) is 5. The number of carbonyl (C=O) groups excluding carboxylic acids is 2. The molecule has 0 spiro atoms. The molecule has 0 aromatic heterocycles. The van der Waals surface area contributed by atoms with Crippen LogP contribution in [0.15, 0.2) is 36.5 Å². The molecule has 0 aliphatic carbocycles. The van der Waals surface area contributed by atoms with Crippen molar-refractivity contribution >= 4 is 11.9 Å². The first-order valence-electron chi connectivity index (χ1n) is 32.8. The van der Waals surface area contributed by atoms with Crippen molar-refractivity contribution in [3.8, 4) is 0 Å². The summed E-state index contributed by atoms with van der Waals surface area (Å²) in [6, 6.07) is -0.635. The number of amides is 1. The van der Waals surface area contributed by atoms with Crippen LogP contribution in [0, 0.1) is 0 Å². The first-order valence-corrected chi connectivity index (χ1v) is 32.8. The second-order valence-electron chi connectivity index (χ2n) is 22.5. The fourth-order valence-corrected chi connectivity index (χ4v) is 10.1. The SMILES string of the molecule is CCCCC/C=C\C/C=C\CCCCCCCC(=O)OCCCCCCCCCCCCCCCCCCC(=O)NC(CO)C(O)/C=C/CCCCCCCCCCCCCCCCCCCCCCCCC. The van der Waals surface area contributed by atoms with E-state index < -0.39 is 12.1 Å². The first kappa shape index (κ1) is 71.1. The highest BCUT2D eigenvalue weighted by molar-refractivity contribution is 5.76. The number of hydrogen-bond donors (Lipinski definition) is 3. The number of rotatable bonds is 61. The number of nitrogens with one attached hydrogen (secondary N) is 1. The summed E-state index contributed by atoms with van der Waals surface area (Å²) in [5.74, 6) is -0.0831. The smallest absolute Gasteiger partial charge is 0.305 e. The van der Waals surface area contributed by atoms with Gasteiger partial charge in [-0.25, -0.2) is 0 Å². The number of aliphatic hydroxyl groups excluding tert-OH is 2. The van der Waals surface area contributed by atoms with Gasteiger partial charge in [0.25, 0.3) is 0 Å². The van der Waals surface area contributed by atoms with E-state index in [0.717, 1.165) is 57.8 Å². The van der Waals surface area contributed by atoms with Gasteiger partial charge in [-0.15, -0.1) is 0 Å². The predicted octanol–water partition coefficient (Wildman–Crippen LogP) is 20.8. The third-order valence-corrected chi connectivity index (χ3v) is 15.2. The van der Waals surface area contributed by atoms with Crippen molar-refractivity contribution in [3.05, 3.63) is 36.5 Å². The fraction of sp³-hybridized carbons (Fsp3) is 0.881. The van der Waals surface area contributed by atoms with Crippen LogP contribution in [0.25, 0.3) is 0 Å². The Morgan fingerprint density at radius 1 is 0.384 bits per heavy atom. The summed E-state index contributed by atoms with van der Waals surface area (Å²) >= 11 is 0. The minimum absolute atomic E-state index is 0.0112. The molecule has 430 valence electrons. The lowest BCUT2D eigenvalue weighted by Crippen LogP contribution is -2.45. The van der Waals surface area contributed by atoms with Gasteiger partial charge < -0.3 is 20.3 Å². The van der Waals surface area contributed by atoms with Crippen molar-refractivity contribution in [1.82, 2.24) is 5.32 Å². The van der Waals surface area contributed by atoms with Gasteiger partial charge in [0.05, 0.1) is 25.4 Å². The van der Waals surface area contributed by atoms with E-state index in [0.29, 0.717) is 19.4 Å². The number of esters is 1. The van der Waals surface area contributed by atoms with E-state index in [9.17, 15) is 19.8 Å². The van der Waals surface area contributed by atoms with E-state index >= 15 is 0 Å². The van der Waals surface area contributed by atoms with E-state index in [-0.39, 0.29) is 18.5 Å². The number of carbonyl (C=O) groups is 2. The zero-order valence-corrected chi connectivity index (χ0v) is 49.1. The topological polar surface area (TPSA) is 95.9 Å². The van der Waals surface area contributed by atoms with Crippen molar-refractivity contribution in [2.24, 2.45) is 0 Å². The first-order chi connectivity index (χ1) is 36.0. The number of ether oxygens (including phenoxy) is 1. The van der Waals surface area contributed by atoms with Crippen LogP contribution in [-0.4, -0.2) is 47.4 Å². The standard InChI is InChI=1S/C67H127NO5/c1-3-5-7-9-11-13-15-17-19-20-21-22-23-24-25-26-27-28-32-35-39-43-47-51-55-59-65(70)64(63-69)68-66(71)60-56-52-48-44-40-36-33-29-30-34-38-42-46-50-54-58-62-73-67(72)61-57-53-49-45-41-37-31-18-16-14-12-10-8-6-4-2/h12,14,18,31,55,59,64-65,69-70H,3-11,13,15-17,19-30,32-54,56-58,60-63H2,1-2H3,(H,68,71)/b14-12-,31-18-,59-55+. The summed E-state index contributed by atoms with van der Waals surface area (Å²) in [7, 11) is 0. The predicted molar refractivity (Wildman–Crippen MR) is 319 cm³/mol. The minimum Gasteiger partial charge on any atom is -0.466 e. The van der Waals surface area contributed by atoms with Crippen LogP contribution in [0.1, 0.15) is 354 Å². The van der Waals surface area contributed by atoms with Crippen LogP contribution in [0.3, 0.4) is 0 Å². The van der Waals surface area contributed by atoms with E-state index in [1.54, 1.807) is 6.08 Å². The molecule has 0 aromatic carbocycles. The molecule has 0 fully saturated rings. The highest BCUT2D eigenvalue weighted by atomic mass is 16.5. The Bertz CT molecular complexity index is 1180. The molecule has 0 aromatic rings. The maximum absolute atomic E-state index is 12.5. The van der Waals surface area contributed by atoms with Gasteiger partial charge in [0.2, 0.25) is 5.91 Å². The second-order valence-corrected chi connectivity index (χ2v) is 22.5. The molecule has 0 bridgehead atoms. The summed E-state index contributed by atoms with van der Waals surface area (Å²) in [5.41, 5.74) is 0. The van der Waals surface area contributed by atoms with Crippen molar-refractivity contribution in [2.75, 3.05) is 13.2 Å². The summed E-state index contributed by atoms with van der Waals surface area (Å²) in [4.78, 5) is 24.6. The fourth-order valence-electron chi connectivity index (χ4n) is 10.1. The average molecular weight is 1030 g/mol. The van der Waals surface area contributed by atoms with Gasteiger partial charge >= 0.3 is 5.97 Å². The van der Waals surface area contributed by atoms with Crippen molar-refractivity contribution in [2.45, 2.75) is 366 Å². The highest BCUT2D eigenvalue weighted by Crippen LogP contribution is 2.18. The van der Waals surface area contributed by atoms with Gasteiger partial charge in [0, 0.05) is 12.8 Å². The van der Waals surface area contributed by atoms with Gasteiger partial charge in [-0.1, -0.05) is 314 Å². The van der Waals surface area contributed by atoms with Crippen LogP contribution < -0.4 is 5.32 Å². The van der Waals surface area contributed by atoms with Crippen LogP contribution >= 0.6 is 0 Å². The average Bonchev–Trinajstić information content (AvgIpc) is 3.39. The largest absolute Gasteiger partial charge is 0.466 e. The molecule has 0 radical (unpaired) electrons. The highest BCUT2D eigenvalue weighted by Gasteiger charge is 2.18. The Balaban J connectivity index is 3.46. The number of unbranched alkanes of at least 4 members (excludes halogenated alkanes) is 46. The molecule has 2 unspecified atom stereocenters. The molecule has 0 aliphatic heterocycles. The van der Waals surface area contributed by atoms with Crippen LogP contribution in [-0.2, 0) is 14.3 Å². The number of allylic oxidation sites excluding steroid dienone is 5. The molecule has 6 heteroatoms. The van der Waals surface area contributed by atoms with E-state index in [4.69, 9.17) is 4.74 Å². The molecule has 0 heterocycles. The van der Waals surface area contributed by atoms with Crippen molar-refractivity contribution < 1.29 is 24.5 Å². The zero-order chi connectivity index (χ0) is 52.9.